The first-order valence-electron chi connectivity index (χ1n) is 7.56. The summed E-state index contributed by atoms with van der Waals surface area (Å²) in [7, 11) is 2.85. The van der Waals surface area contributed by atoms with Gasteiger partial charge in [0.25, 0.3) is 0 Å². The van der Waals surface area contributed by atoms with E-state index in [0.29, 0.717) is 23.8 Å². The van der Waals surface area contributed by atoms with Gasteiger partial charge in [0.15, 0.2) is 11.5 Å². The monoisotopic (exact) mass is 308 g/mol. The minimum absolute atomic E-state index is 0.281. The Hall–Kier alpha value is -1.95. The van der Waals surface area contributed by atoms with Crippen LogP contribution < -0.4 is 15.2 Å². The highest BCUT2D eigenvalue weighted by atomic mass is 16.5. The van der Waals surface area contributed by atoms with Crippen molar-refractivity contribution in [3.05, 3.63) is 17.7 Å². The van der Waals surface area contributed by atoms with Gasteiger partial charge in [0.05, 0.1) is 32.1 Å². The van der Waals surface area contributed by atoms with E-state index in [1.54, 1.807) is 12.1 Å². The number of hydrogen-bond donors (Lipinski definition) is 1. The summed E-state index contributed by atoms with van der Waals surface area (Å²) in [4.78, 5) is 14.1. The van der Waals surface area contributed by atoms with Crippen LogP contribution in [0.4, 0.5) is 5.69 Å². The Bertz CT molecular complexity index is 513. The van der Waals surface area contributed by atoms with Crippen LogP contribution >= 0.6 is 0 Å². The minimum atomic E-state index is -0.489. The highest BCUT2D eigenvalue weighted by Gasteiger charge is 2.16. The van der Waals surface area contributed by atoms with Gasteiger partial charge in [0.1, 0.15) is 0 Å². The van der Waals surface area contributed by atoms with Gasteiger partial charge in [-0.05, 0) is 32.4 Å². The molecule has 0 spiro atoms. The molecule has 0 aliphatic carbocycles. The van der Waals surface area contributed by atoms with E-state index in [1.165, 1.54) is 40.2 Å². The predicted molar refractivity (Wildman–Crippen MR) is 84.5 cm³/mol. The number of benzene rings is 1. The van der Waals surface area contributed by atoms with E-state index < -0.39 is 5.97 Å². The second kappa shape index (κ2) is 7.89. The highest BCUT2D eigenvalue weighted by Crippen LogP contribution is 2.32. The fourth-order valence-electron chi connectivity index (χ4n) is 2.61. The third-order valence-corrected chi connectivity index (χ3v) is 3.82. The number of carbonyl (C=O) groups excluding carboxylic acids is 1. The molecule has 6 heteroatoms. The van der Waals surface area contributed by atoms with Crippen LogP contribution in [-0.4, -0.2) is 51.3 Å². The molecule has 0 atom stereocenters. The zero-order valence-electron chi connectivity index (χ0n) is 13.3. The Kier molecular flexibility index (Phi) is 5.89. The summed E-state index contributed by atoms with van der Waals surface area (Å²) < 4.78 is 15.7. The van der Waals surface area contributed by atoms with Gasteiger partial charge in [-0.1, -0.05) is 0 Å². The predicted octanol–water partition coefficient (Wildman–Crippen LogP) is 1.93. The lowest BCUT2D eigenvalue weighted by atomic mass is 10.1. The van der Waals surface area contributed by atoms with E-state index >= 15 is 0 Å². The maximum Gasteiger partial charge on any atom is 0.340 e. The van der Waals surface area contributed by atoms with E-state index in [4.69, 9.17) is 19.9 Å². The number of nitrogens with two attached hydrogens (primary N) is 1. The number of carbonyl (C=O) groups is 1. The molecule has 1 aromatic rings. The van der Waals surface area contributed by atoms with Crippen LogP contribution in [0.2, 0.25) is 0 Å². The SMILES string of the molecule is COC(=O)c1cc(OC)c(OCCCN2CCCC2)cc1N. The largest absolute Gasteiger partial charge is 0.493 e. The van der Waals surface area contributed by atoms with Crippen molar-refractivity contribution >= 4 is 11.7 Å². The Morgan fingerprint density at radius 3 is 2.59 bits per heavy atom. The van der Waals surface area contributed by atoms with E-state index in [0.717, 1.165) is 13.0 Å². The van der Waals surface area contributed by atoms with Gasteiger partial charge in [-0.3, -0.25) is 0 Å². The van der Waals surface area contributed by atoms with Crippen LogP contribution in [-0.2, 0) is 4.74 Å². The third kappa shape index (κ3) is 4.04. The molecule has 2 rings (SSSR count). The molecule has 2 N–H and O–H groups in total. The summed E-state index contributed by atoms with van der Waals surface area (Å²) in [6.45, 7) is 4.00. The molecule has 0 unspecified atom stereocenters. The Balaban J connectivity index is 1.94. The average molecular weight is 308 g/mol. The molecule has 0 saturated carbocycles. The van der Waals surface area contributed by atoms with E-state index in [2.05, 4.69) is 4.90 Å². The Morgan fingerprint density at radius 2 is 1.95 bits per heavy atom. The van der Waals surface area contributed by atoms with Gasteiger partial charge in [0.2, 0.25) is 0 Å². The second-order valence-corrected chi connectivity index (χ2v) is 5.33. The molecule has 0 aromatic heterocycles. The van der Waals surface area contributed by atoms with Gasteiger partial charge in [-0.15, -0.1) is 0 Å². The number of anilines is 1. The fourth-order valence-corrected chi connectivity index (χ4v) is 2.61. The molecule has 0 radical (unpaired) electrons. The lowest BCUT2D eigenvalue weighted by molar-refractivity contribution is 0.0601. The first-order valence-corrected chi connectivity index (χ1v) is 7.56. The summed E-state index contributed by atoms with van der Waals surface area (Å²) in [5, 5.41) is 0. The molecule has 22 heavy (non-hydrogen) atoms. The molecule has 1 aromatic carbocycles. The molecular weight excluding hydrogens is 284 g/mol. The summed E-state index contributed by atoms with van der Waals surface area (Å²) in [5.41, 5.74) is 6.48. The number of ether oxygens (including phenoxy) is 3. The number of esters is 1. The topological polar surface area (TPSA) is 74.0 Å². The van der Waals surface area contributed by atoms with Crippen molar-refractivity contribution in [2.24, 2.45) is 0 Å². The highest BCUT2D eigenvalue weighted by molar-refractivity contribution is 5.96. The van der Waals surface area contributed by atoms with Crippen LogP contribution in [0, 0.1) is 0 Å². The summed E-state index contributed by atoms with van der Waals surface area (Å²) in [6.07, 6.45) is 3.53. The molecule has 0 amide bonds. The van der Waals surface area contributed by atoms with Gasteiger partial charge >= 0.3 is 5.97 Å². The Morgan fingerprint density at radius 1 is 1.23 bits per heavy atom. The summed E-state index contributed by atoms with van der Waals surface area (Å²) in [5.74, 6) is 0.543. The molecular formula is C16H24N2O4. The molecule has 1 fully saturated rings. The van der Waals surface area contributed by atoms with Crippen molar-refractivity contribution in [2.75, 3.05) is 46.2 Å². The second-order valence-electron chi connectivity index (χ2n) is 5.33. The third-order valence-electron chi connectivity index (χ3n) is 3.82. The maximum absolute atomic E-state index is 11.6. The number of hydrogen-bond acceptors (Lipinski definition) is 6. The molecule has 6 nitrogen and oxygen atoms in total. The molecule has 1 heterocycles. The van der Waals surface area contributed by atoms with Crippen molar-refractivity contribution in [1.29, 1.82) is 0 Å². The fraction of sp³-hybridized carbons (Fsp3) is 0.562. The standard InChI is InChI=1S/C16H24N2O4/c1-20-14-10-12(16(19)21-2)13(17)11-15(14)22-9-5-8-18-6-3-4-7-18/h10-11H,3-9,17H2,1-2H3. The quantitative estimate of drug-likeness (QED) is 0.471. The lowest BCUT2D eigenvalue weighted by Gasteiger charge is -2.16. The zero-order chi connectivity index (χ0) is 15.9. The van der Waals surface area contributed by atoms with E-state index in [1.807, 2.05) is 0 Å². The molecule has 0 bridgehead atoms. The van der Waals surface area contributed by atoms with Crippen LogP contribution in [0.1, 0.15) is 29.6 Å². The van der Waals surface area contributed by atoms with Crippen LogP contribution in [0.3, 0.4) is 0 Å². The maximum atomic E-state index is 11.6. The van der Waals surface area contributed by atoms with Gasteiger partial charge < -0.3 is 24.8 Å². The number of rotatable bonds is 7. The van der Waals surface area contributed by atoms with Crippen LogP contribution in [0.5, 0.6) is 11.5 Å². The van der Waals surface area contributed by atoms with Gasteiger partial charge in [-0.2, -0.15) is 0 Å². The van der Waals surface area contributed by atoms with Crippen molar-refractivity contribution in [2.45, 2.75) is 19.3 Å². The van der Waals surface area contributed by atoms with Crippen molar-refractivity contribution in [1.82, 2.24) is 4.90 Å². The van der Waals surface area contributed by atoms with Crippen molar-refractivity contribution in [3.63, 3.8) is 0 Å². The first kappa shape index (κ1) is 16.4. The van der Waals surface area contributed by atoms with Gasteiger partial charge in [-0.25, -0.2) is 4.79 Å². The van der Waals surface area contributed by atoms with Crippen molar-refractivity contribution in [3.8, 4) is 11.5 Å². The molecule has 122 valence electrons. The molecule has 1 saturated heterocycles. The van der Waals surface area contributed by atoms with Crippen LogP contribution in [0.25, 0.3) is 0 Å². The number of likely N-dealkylation sites (tertiary alicyclic amines) is 1. The minimum Gasteiger partial charge on any atom is -0.493 e. The molecule has 1 aliphatic heterocycles. The van der Waals surface area contributed by atoms with Crippen molar-refractivity contribution < 1.29 is 19.0 Å². The average Bonchev–Trinajstić information content (AvgIpc) is 3.04. The summed E-state index contributed by atoms with van der Waals surface area (Å²) in [6, 6.07) is 3.16. The normalized spacial score (nSPS) is 14.8. The Labute approximate surface area is 131 Å². The number of methoxy groups -OCH3 is 2. The molecule has 1 aliphatic rings. The van der Waals surface area contributed by atoms with Gasteiger partial charge in [0, 0.05) is 18.7 Å². The van der Waals surface area contributed by atoms with E-state index in [9.17, 15) is 4.79 Å². The van der Waals surface area contributed by atoms with E-state index in [-0.39, 0.29) is 5.56 Å². The first-order chi connectivity index (χ1) is 10.7. The number of nitrogens with zero attached hydrogens (tertiary/aromatic N) is 1. The smallest absolute Gasteiger partial charge is 0.340 e. The lowest BCUT2D eigenvalue weighted by Crippen LogP contribution is -2.22. The summed E-state index contributed by atoms with van der Waals surface area (Å²) >= 11 is 0. The zero-order valence-corrected chi connectivity index (χ0v) is 13.3. The van der Waals surface area contributed by atoms with Crippen LogP contribution in [0.15, 0.2) is 12.1 Å². The number of nitrogen functional groups attached to an aromatic ring is 1.